The lowest BCUT2D eigenvalue weighted by Gasteiger charge is -2.31. The van der Waals surface area contributed by atoms with E-state index < -0.39 is 0 Å². The lowest BCUT2D eigenvalue weighted by molar-refractivity contribution is 0.380. The number of hydrogen-bond donors (Lipinski definition) is 1. The molecule has 0 spiro atoms. The van der Waals surface area contributed by atoms with E-state index in [1.807, 2.05) is 6.07 Å². The largest absolute Gasteiger partial charge is 0.497 e. The number of benzene rings is 2. The molecule has 0 radical (unpaired) electrons. The fourth-order valence-corrected chi connectivity index (χ4v) is 3.73. The number of hydrogen-bond acceptors (Lipinski definition) is 3. The van der Waals surface area contributed by atoms with Gasteiger partial charge in [0.05, 0.1) is 14.2 Å². The zero-order chi connectivity index (χ0) is 14.9. The molecule has 2 aromatic rings. The number of methoxy groups -OCH3 is 2. The molecule has 1 aliphatic rings. The minimum absolute atomic E-state index is 0.0389. The van der Waals surface area contributed by atoms with Crippen molar-refractivity contribution in [1.82, 2.24) is 0 Å². The molecule has 0 saturated heterocycles. The number of rotatable bonds is 4. The SMILES string of the molecule is COc1ccc2ccc(OC)c(C3(CN)CCCC3)c2c1. The van der Waals surface area contributed by atoms with Crippen LogP contribution in [-0.2, 0) is 5.41 Å². The van der Waals surface area contributed by atoms with Gasteiger partial charge in [-0.1, -0.05) is 25.0 Å². The van der Waals surface area contributed by atoms with Gasteiger partial charge in [0, 0.05) is 17.5 Å². The maximum atomic E-state index is 6.20. The van der Waals surface area contributed by atoms with Crippen LogP contribution in [0.25, 0.3) is 10.8 Å². The van der Waals surface area contributed by atoms with Gasteiger partial charge in [-0.2, -0.15) is 0 Å². The summed E-state index contributed by atoms with van der Waals surface area (Å²) in [7, 11) is 3.44. The molecule has 21 heavy (non-hydrogen) atoms. The number of nitrogens with two attached hydrogens (primary N) is 1. The van der Waals surface area contributed by atoms with Gasteiger partial charge in [0.2, 0.25) is 0 Å². The molecule has 0 heterocycles. The van der Waals surface area contributed by atoms with E-state index >= 15 is 0 Å². The summed E-state index contributed by atoms with van der Waals surface area (Å²) in [5.74, 6) is 1.82. The fraction of sp³-hybridized carbons (Fsp3) is 0.444. The molecule has 2 aromatic carbocycles. The lowest BCUT2D eigenvalue weighted by Crippen LogP contribution is -2.32. The van der Waals surface area contributed by atoms with Gasteiger partial charge in [-0.05, 0) is 41.8 Å². The molecule has 0 unspecified atom stereocenters. The van der Waals surface area contributed by atoms with Crippen LogP contribution < -0.4 is 15.2 Å². The molecule has 3 heteroatoms. The van der Waals surface area contributed by atoms with Crippen molar-refractivity contribution in [3.8, 4) is 11.5 Å². The van der Waals surface area contributed by atoms with E-state index in [0.29, 0.717) is 6.54 Å². The van der Waals surface area contributed by atoms with Crippen LogP contribution in [0.4, 0.5) is 0 Å². The first-order valence-corrected chi connectivity index (χ1v) is 7.59. The van der Waals surface area contributed by atoms with E-state index in [-0.39, 0.29) is 5.41 Å². The summed E-state index contributed by atoms with van der Waals surface area (Å²) in [6, 6.07) is 10.4. The maximum Gasteiger partial charge on any atom is 0.123 e. The minimum atomic E-state index is 0.0389. The minimum Gasteiger partial charge on any atom is -0.497 e. The fourth-order valence-electron chi connectivity index (χ4n) is 3.73. The Balaban J connectivity index is 2.31. The van der Waals surface area contributed by atoms with Gasteiger partial charge in [-0.3, -0.25) is 0 Å². The van der Waals surface area contributed by atoms with Crippen molar-refractivity contribution in [2.45, 2.75) is 31.1 Å². The summed E-state index contributed by atoms with van der Waals surface area (Å²) in [4.78, 5) is 0. The van der Waals surface area contributed by atoms with Crippen molar-refractivity contribution in [3.05, 3.63) is 35.9 Å². The van der Waals surface area contributed by atoms with Crippen molar-refractivity contribution in [3.63, 3.8) is 0 Å². The monoisotopic (exact) mass is 285 g/mol. The molecule has 0 aromatic heterocycles. The average molecular weight is 285 g/mol. The highest BCUT2D eigenvalue weighted by Crippen LogP contribution is 2.47. The van der Waals surface area contributed by atoms with Crippen molar-refractivity contribution in [2.24, 2.45) is 5.73 Å². The van der Waals surface area contributed by atoms with Crippen molar-refractivity contribution in [2.75, 3.05) is 20.8 Å². The van der Waals surface area contributed by atoms with Crippen molar-refractivity contribution >= 4 is 10.8 Å². The number of fused-ring (bicyclic) bond motifs is 1. The topological polar surface area (TPSA) is 44.5 Å². The van der Waals surface area contributed by atoms with Crippen LogP contribution in [-0.4, -0.2) is 20.8 Å². The second kappa shape index (κ2) is 5.57. The molecular weight excluding hydrogens is 262 g/mol. The Morgan fingerprint density at radius 1 is 1.05 bits per heavy atom. The standard InChI is InChI=1S/C18H23NO2/c1-20-14-7-5-13-6-8-16(21-2)17(15(13)11-14)18(12-19)9-3-4-10-18/h5-8,11H,3-4,9-10,12,19H2,1-2H3. The van der Waals surface area contributed by atoms with Crippen LogP contribution in [0.15, 0.2) is 30.3 Å². The van der Waals surface area contributed by atoms with Crippen LogP contribution in [0.5, 0.6) is 11.5 Å². The maximum absolute atomic E-state index is 6.20. The normalized spacial score (nSPS) is 17.1. The van der Waals surface area contributed by atoms with Gasteiger partial charge in [-0.15, -0.1) is 0 Å². The van der Waals surface area contributed by atoms with E-state index in [1.54, 1.807) is 14.2 Å². The lowest BCUT2D eigenvalue weighted by atomic mass is 9.76. The van der Waals surface area contributed by atoms with E-state index in [1.165, 1.54) is 29.2 Å². The molecule has 3 rings (SSSR count). The van der Waals surface area contributed by atoms with Crippen LogP contribution in [0.3, 0.4) is 0 Å². The van der Waals surface area contributed by atoms with Crippen molar-refractivity contribution in [1.29, 1.82) is 0 Å². The Kier molecular flexibility index (Phi) is 3.77. The van der Waals surface area contributed by atoms with Crippen LogP contribution in [0.1, 0.15) is 31.2 Å². The zero-order valence-electron chi connectivity index (χ0n) is 12.8. The predicted octanol–water partition coefficient (Wildman–Crippen LogP) is 3.63. The van der Waals surface area contributed by atoms with E-state index in [2.05, 4.69) is 24.3 Å². The highest BCUT2D eigenvalue weighted by atomic mass is 16.5. The van der Waals surface area contributed by atoms with Gasteiger partial charge in [0.1, 0.15) is 11.5 Å². The summed E-state index contributed by atoms with van der Waals surface area (Å²) < 4.78 is 11.1. The van der Waals surface area contributed by atoms with E-state index in [9.17, 15) is 0 Å². The molecule has 3 nitrogen and oxygen atoms in total. The summed E-state index contributed by atoms with van der Waals surface area (Å²) in [5.41, 5.74) is 7.50. The third-order valence-corrected chi connectivity index (χ3v) is 4.89. The molecule has 0 aliphatic heterocycles. The van der Waals surface area contributed by atoms with Crippen LogP contribution in [0, 0.1) is 0 Å². The summed E-state index contributed by atoms with van der Waals surface area (Å²) in [6.07, 6.45) is 4.74. The molecule has 0 atom stereocenters. The van der Waals surface area contributed by atoms with Gasteiger partial charge in [0.15, 0.2) is 0 Å². The summed E-state index contributed by atoms with van der Waals surface area (Å²) >= 11 is 0. The van der Waals surface area contributed by atoms with Gasteiger partial charge >= 0.3 is 0 Å². The van der Waals surface area contributed by atoms with Crippen LogP contribution in [0.2, 0.25) is 0 Å². The highest BCUT2D eigenvalue weighted by molar-refractivity contribution is 5.90. The first-order valence-electron chi connectivity index (χ1n) is 7.59. The zero-order valence-corrected chi connectivity index (χ0v) is 12.8. The molecule has 2 N–H and O–H groups in total. The van der Waals surface area contributed by atoms with E-state index in [0.717, 1.165) is 24.3 Å². The Bertz CT molecular complexity index is 640. The molecule has 112 valence electrons. The quantitative estimate of drug-likeness (QED) is 0.933. The van der Waals surface area contributed by atoms with Gasteiger partial charge < -0.3 is 15.2 Å². The van der Waals surface area contributed by atoms with Crippen LogP contribution >= 0.6 is 0 Å². The predicted molar refractivity (Wildman–Crippen MR) is 86.3 cm³/mol. The average Bonchev–Trinajstić information content (AvgIpc) is 3.03. The molecule has 1 saturated carbocycles. The Labute approximate surface area is 126 Å². The number of ether oxygens (including phenoxy) is 2. The molecule has 1 aliphatic carbocycles. The van der Waals surface area contributed by atoms with Crippen molar-refractivity contribution < 1.29 is 9.47 Å². The first-order chi connectivity index (χ1) is 10.2. The Hall–Kier alpha value is -1.74. The second-order valence-corrected chi connectivity index (χ2v) is 5.92. The Morgan fingerprint density at radius 2 is 1.76 bits per heavy atom. The summed E-state index contributed by atoms with van der Waals surface area (Å²) in [5, 5.41) is 2.42. The molecule has 0 bridgehead atoms. The molecule has 1 fully saturated rings. The Morgan fingerprint density at radius 3 is 2.38 bits per heavy atom. The summed E-state index contributed by atoms with van der Waals surface area (Å²) in [6.45, 7) is 0.666. The highest BCUT2D eigenvalue weighted by Gasteiger charge is 2.37. The van der Waals surface area contributed by atoms with Gasteiger partial charge in [0.25, 0.3) is 0 Å². The molecule has 0 amide bonds. The first kappa shape index (κ1) is 14.2. The smallest absolute Gasteiger partial charge is 0.123 e. The van der Waals surface area contributed by atoms with Gasteiger partial charge in [-0.25, -0.2) is 0 Å². The third kappa shape index (κ3) is 2.26. The molecular formula is C18H23NO2. The third-order valence-electron chi connectivity index (χ3n) is 4.89. The second-order valence-electron chi connectivity index (χ2n) is 5.92. The van der Waals surface area contributed by atoms with E-state index in [4.69, 9.17) is 15.2 Å².